The first-order valence-corrected chi connectivity index (χ1v) is 11.7. The summed E-state index contributed by atoms with van der Waals surface area (Å²) in [4.78, 5) is 26.9. The molecule has 0 radical (unpaired) electrons. The third-order valence-corrected chi connectivity index (χ3v) is 10.1. The fraction of sp³-hybridized carbons (Fsp3) is 0.400. The number of hydrogen-bond acceptors (Lipinski definition) is 4. The molecule has 0 bridgehead atoms. The van der Waals surface area contributed by atoms with Crippen LogP contribution in [0.2, 0.25) is 18.1 Å². The van der Waals surface area contributed by atoms with Gasteiger partial charge in [0.05, 0.1) is 12.3 Å². The zero-order valence-corrected chi connectivity index (χ0v) is 16.5. The zero-order valence-electron chi connectivity index (χ0n) is 15.5. The van der Waals surface area contributed by atoms with Gasteiger partial charge in [0, 0.05) is 0 Å². The Morgan fingerprint density at radius 2 is 1.73 bits per heavy atom. The molecule has 5 nitrogen and oxygen atoms in total. The number of amides is 2. The van der Waals surface area contributed by atoms with Gasteiger partial charge in [-0.3, -0.25) is 14.5 Å². The van der Waals surface area contributed by atoms with Crippen LogP contribution in [0.25, 0.3) is 0 Å². The standard InChI is InChI=1S/C20H25NO4Si/c1-4-26(5-2,6-3)25-18-17(15-11-8-7-9-12-15)21(20(18)23)19(22)16-13-10-14-24-16/h7-14,17-18H,4-6H2,1-3H3. The second kappa shape index (κ2) is 7.59. The molecule has 2 atom stereocenters. The molecule has 138 valence electrons. The van der Waals surface area contributed by atoms with Gasteiger partial charge in [-0.1, -0.05) is 51.1 Å². The Kier molecular flexibility index (Phi) is 5.43. The van der Waals surface area contributed by atoms with Crippen LogP contribution in [0, 0.1) is 0 Å². The maximum absolute atomic E-state index is 12.9. The highest BCUT2D eigenvalue weighted by Gasteiger charge is 2.55. The molecule has 0 aliphatic carbocycles. The molecule has 0 spiro atoms. The molecule has 2 aromatic rings. The summed E-state index contributed by atoms with van der Waals surface area (Å²) in [6.07, 6.45) is 0.842. The van der Waals surface area contributed by atoms with E-state index in [1.165, 1.54) is 11.2 Å². The second-order valence-electron chi connectivity index (χ2n) is 6.63. The van der Waals surface area contributed by atoms with Crippen LogP contribution in [0.4, 0.5) is 0 Å². The average molecular weight is 372 g/mol. The fourth-order valence-electron chi connectivity index (χ4n) is 3.57. The van der Waals surface area contributed by atoms with Crippen LogP contribution in [0.3, 0.4) is 0 Å². The van der Waals surface area contributed by atoms with Crippen LogP contribution in [0.1, 0.15) is 42.9 Å². The van der Waals surface area contributed by atoms with Gasteiger partial charge in [-0.15, -0.1) is 0 Å². The summed E-state index contributed by atoms with van der Waals surface area (Å²) >= 11 is 0. The Labute approximate surface area is 155 Å². The summed E-state index contributed by atoms with van der Waals surface area (Å²) < 4.78 is 11.7. The number of nitrogens with zero attached hydrogens (tertiary/aromatic N) is 1. The first-order valence-electron chi connectivity index (χ1n) is 9.20. The van der Waals surface area contributed by atoms with E-state index in [2.05, 4.69) is 20.8 Å². The molecule has 3 rings (SSSR count). The van der Waals surface area contributed by atoms with Crippen molar-refractivity contribution in [2.45, 2.75) is 51.0 Å². The largest absolute Gasteiger partial charge is 0.459 e. The lowest BCUT2D eigenvalue weighted by molar-refractivity contribution is -0.159. The number of carbonyl (C=O) groups excluding carboxylic acids is 2. The third kappa shape index (κ3) is 3.15. The lowest BCUT2D eigenvalue weighted by Gasteiger charge is -2.48. The van der Waals surface area contributed by atoms with Crippen molar-refractivity contribution < 1.29 is 18.4 Å². The van der Waals surface area contributed by atoms with Crippen LogP contribution >= 0.6 is 0 Å². The van der Waals surface area contributed by atoms with Crippen LogP contribution in [-0.2, 0) is 9.22 Å². The van der Waals surface area contributed by atoms with E-state index in [1.54, 1.807) is 12.1 Å². The molecule has 0 N–H and O–H groups in total. The first-order chi connectivity index (χ1) is 12.6. The number of carbonyl (C=O) groups is 2. The Morgan fingerprint density at radius 3 is 2.27 bits per heavy atom. The minimum Gasteiger partial charge on any atom is -0.459 e. The summed E-state index contributed by atoms with van der Waals surface area (Å²) in [5, 5.41) is 0. The van der Waals surface area contributed by atoms with E-state index in [0.29, 0.717) is 0 Å². The van der Waals surface area contributed by atoms with E-state index < -0.39 is 26.4 Å². The summed E-state index contributed by atoms with van der Waals surface area (Å²) in [5.74, 6) is -0.513. The van der Waals surface area contributed by atoms with Crippen molar-refractivity contribution in [3.63, 3.8) is 0 Å². The zero-order chi connectivity index (χ0) is 18.7. The molecule has 6 heteroatoms. The van der Waals surface area contributed by atoms with Crippen molar-refractivity contribution in [2.75, 3.05) is 0 Å². The predicted octanol–water partition coefficient (Wildman–Crippen LogP) is 4.39. The molecular formula is C20H25NO4Si. The molecular weight excluding hydrogens is 346 g/mol. The number of imide groups is 1. The Hall–Kier alpha value is -2.18. The van der Waals surface area contributed by atoms with Gasteiger partial charge in [-0.05, 0) is 35.8 Å². The summed E-state index contributed by atoms with van der Waals surface area (Å²) in [7, 11) is -1.98. The van der Waals surface area contributed by atoms with Gasteiger partial charge in [0.25, 0.3) is 11.8 Å². The van der Waals surface area contributed by atoms with Crippen molar-refractivity contribution in [2.24, 2.45) is 0 Å². The number of rotatable bonds is 7. The molecule has 2 unspecified atom stereocenters. The number of benzene rings is 1. The lowest BCUT2D eigenvalue weighted by atomic mass is 9.90. The number of hydrogen-bond donors (Lipinski definition) is 0. The molecule has 2 heterocycles. The van der Waals surface area contributed by atoms with E-state index in [4.69, 9.17) is 8.84 Å². The molecule has 1 aliphatic heterocycles. The van der Waals surface area contributed by atoms with Gasteiger partial charge in [0.2, 0.25) is 0 Å². The topological polar surface area (TPSA) is 59.8 Å². The van der Waals surface area contributed by atoms with Crippen molar-refractivity contribution >= 4 is 20.1 Å². The van der Waals surface area contributed by atoms with Crippen LogP contribution in [0.15, 0.2) is 53.1 Å². The smallest absolute Gasteiger partial charge is 0.296 e. The average Bonchev–Trinajstić information content (AvgIpc) is 3.22. The van der Waals surface area contributed by atoms with Gasteiger partial charge in [-0.25, -0.2) is 0 Å². The van der Waals surface area contributed by atoms with Gasteiger partial charge in [0.1, 0.15) is 0 Å². The second-order valence-corrected chi connectivity index (χ2v) is 11.4. The van der Waals surface area contributed by atoms with Crippen LogP contribution < -0.4 is 0 Å². The van der Waals surface area contributed by atoms with Crippen LogP contribution in [0.5, 0.6) is 0 Å². The predicted molar refractivity (Wildman–Crippen MR) is 101 cm³/mol. The summed E-state index contributed by atoms with van der Waals surface area (Å²) in [6, 6.07) is 15.3. The number of likely N-dealkylation sites (tertiary alicyclic amines) is 1. The third-order valence-electron chi connectivity index (χ3n) is 5.45. The summed E-state index contributed by atoms with van der Waals surface area (Å²) in [6.45, 7) is 6.39. The molecule has 1 aromatic carbocycles. The monoisotopic (exact) mass is 371 g/mol. The van der Waals surface area contributed by atoms with E-state index >= 15 is 0 Å². The molecule has 1 fully saturated rings. The van der Waals surface area contributed by atoms with Gasteiger partial charge in [0.15, 0.2) is 20.2 Å². The Morgan fingerprint density at radius 1 is 1.08 bits per heavy atom. The summed E-state index contributed by atoms with van der Waals surface area (Å²) in [5.41, 5.74) is 0.906. The minimum absolute atomic E-state index is 0.169. The van der Waals surface area contributed by atoms with Crippen molar-refractivity contribution in [1.29, 1.82) is 0 Å². The van der Waals surface area contributed by atoms with Crippen LogP contribution in [-0.4, -0.2) is 31.1 Å². The SMILES string of the molecule is CC[Si](CC)(CC)OC1C(=O)N(C(=O)c2ccco2)C1c1ccccc1. The normalized spacial score (nSPS) is 20.1. The first kappa shape index (κ1) is 18.6. The van der Waals surface area contributed by atoms with E-state index in [9.17, 15) is 9.59 Å². The maximum atomic E-state index is 12.9. The maximum Gasteiger partial charge on any atom is 0.296 e. The van der Waals surface area contributed by atoms with Gasteiger partial charge < -0.3 is 8.84 Å². The van der Waals surface area contributed by atoms with E-state index in [-0.39, 0.29) is 11.7 Å². The van der Waals surface area contributed by atoms with Gasteiger partial charge >= 0.3 is 0 Å². The number of furan rings is 1. The highest BCUT2D eigenvalue weighted by atomic mass is 28.4. The molecule has 0 saturated carbocycles. The van der Waals surface area contributed by atoms with E-state index in [1.807, 2.05) is 30.3 Å². The highest BCUT2D eigenvalue weighted by Crippen LogP contribution is 2.41. The minimum atomic E-state index is -1.98. The fourth-order valence-corrected chi connectivity index (χ4v) is 6.33. The molecule has 1 aromatic heterocycles. The van der Waals surface area contributed by atoms with Gasteiger partial charge in [-0.2, -0.15) is 0 Å². The quantitative estimate of drug-likeness (QED) is 0.411. The van der Waals surface area contributed by atoms with E-state index in [0.717, 1.165) is 23.7 Å². The Balaban J connectivity index is 1.93. The van der Waals surface area contributed by atoms with Crippen molar-refractivity contribution in [1.82, 2.24) is 4.90 Å². The highest BCUT2D eigenvalue weighted by molar-refractivity contribution is 6.73. The molecule has 2 amide bonds. The van der Waals surface area contributed by atoms with Crippen molar-refractivity contribution in [3.8, 4) is 0 Å². The molecule has 1 aliphatic rings. The lowest BCUT2D eigenvalue weighted by Crippen LogP contribution is -2.64. The molecule has 26 heavy (non-hydrogen) atoms. The Bertz CT molecular complexity index is 747. The number of β-lactam (4-membered cyclic amide) rings is 1. The molecule has 1 saturated heterocycles. The van der Waals surface area contributed by atoms with Crippen molar-refractivity contribution in [3.05, 3.63) is 60.1 Å².